The minimum absolute atomic E-state index is 0. The number of aliphatic imine (C=N–C) groups is 1. The third kappa shape index (κ3) is 7.22. The third-order valence-electron chi connectivity index (χ3n) is 4.08. The Labute approximate surface area is 177 Å². The molecular formula is C18H29IN4O2S. The van der Waals surface area contributed by atoms with Crippen LogP contribution in [0.25, 0.3) is 0 Å². The van der Waals surface area contributed by atoms with Gasteiger partial charge in [0.2, 0.25) is 0 Å². The normalized spacial score (nSPS) is 17.6. The summed E-state index contributed by atoms with van der Waals surface area (Å²) in [5.74, 6) is 2.87. The van der Waals surface area contributed by atoms with Crippen molar-refractivity contribution in [1.82, 2.24) is 10.2 Å². The highest BCUT2D eigenvalue weighted by Gasteiger charge is 2.24. The van der Waals surface area contributed by atoms with E-state index in [1.54, 1.807) is 0 Å². The maximum absolute atomic E-state index is 10.8. The predicted octanol–water partition coefficient (Wildman–Crippen LogP) is 2.32. The number of primary amides is 1. The number of rotatable bonds is 6. The number of guanidine groups is 1. The van der Waals surface area contributed by atoms with Crippen LogP contribution < -0.4 is 15.8 Å². The summed E-state index contributed by atoms with van der Waals surface area (Å²) in [6, 6.07) is 7.64. The van der Waals surface area contributed by atoms with Crippen molar-refractivity contribution in [2.45, 2.75) is 25.6 Å². The molecule has 146 valence electrons. The minimum Gasteiger partial charge on any atom is -0.484 e. The lowest BCUT2D eigenvalue weighted by Gasteiger charge is -2.36. The number of nitrogens with zero attached hydrogens (tertiary/aromatic N) is 2. The largest absolute Gasteiger partial charge is 0.484 e. The summed E-state index contributed by atoms with van der Waals surface area (Å²) in [7, 11) is 1.82. The lowest BCUT2D eigenvalue weighted by Crippen LogP contribution is -2.48. The van der Waals surface area contributed by atoms with E-state index in [2.05, 4.69) is 29.1 Å². The van der Waals surface area contributed by atoms with Crippen molar-refractivity contribution in [3.05, 3.63) is 29.8 Å². The third-order valence-corrected chi connectivity index (χ3v) is 5.62. The van der Waals surface area contributed by atoms with E-state index in [-0.39, 0.29) is 30.6 Å². The van der Waals surface area contributed by atoms with Crippen molar-refractivity contribution in [1.29, 1.82) is 0 Å². The molecule has 6 nitrogen and oxygen atoms in total. The summed E-state index contributed by atoms with van der Waals surface area (Å²) < 4.78 is 5.35. The number of carbonyl (C=O) groups is 1. The van der Waals surface area contributed by atoms with Crippen LogP contribution in [0.3, 0.4) is 0 Å². The molecule has 2 rings (SSSR count). The Balaban J connectivity index is 0.00000338. The second-order valence-corrected chi connectivity index (χ2v) is 7.75. The first-order valence-electron chi connectivity index (χ1n) is 8.57. The molecule has 1 fully saturated rings. The van der Waals surface area contributed by atoms with E-state index in [9.17, 15) is 4.79 Å². The number of benzene rings is 1. The molecule has 26 heavy (non-hydrogen) atoms. The molecule has 1 aliphatic rings. The summed E-state index contributed by atoms with van der Waals surface area (Å²) in [5.41, 5.74) is 6.18. The van der Waals surface area contributed by atoms with E-state index in [0.717, 1.165) is 30.4 Å². The Kier molecular flexibility index (Phi) is 10.1. The zero-order chi connectivity index (χ0) is 18.2. The van der Waals surface area contributed by atoms with Gasteiger partial charge in [-0.3, -0.25) is 9.79 Å². The monoisotopic (exact) mass is 492 g/mol. The highest BCUT2D eigenvalue weighted by molar-refractivity contribution is 14.0. The Morgan fingerprint density at radius 3 is 2.92 bits per heavy atom. The number of nitrogens with one attached hydrogen (secondary N) is 1. The summed E-state index contributed by atoms with van der Waals surface area (Å²) in [5, 5.41) is 4.06. The van der Waals surface area contributed by atoms with E-state index in [4.69, 9.17) is 10.5 Å². The maximum atomic E-state index is 10.8. The van der Waals surface area contributed by atoms with Gasteiger partial charge in [-0.1, -0.05) is 26.0 Å². The quantitative estimate of drug-likeness (QED) is 0.362. The van der Waals surface area contributed by atoms with Crippen LogP contribution in [0, 0.1) is 5.92 Å². The van der Waals surface area contributed by atoms with Crippen LogP contribution in [0.1, 0.15) is 19.4 Å². The van der Waals surface area contributed by atoms with Gasteiger partial charge in [0, 0.05) is 37.7 Å². The smallest absolute Gasteiger partial charge is 0.255 e. The average molecular weight is 492 g/mol. The highest BCUT2D eigenvalue weighted by Crippen LogP contribution is 2.25. The molecule has 1 saturated heterocycles. The average Bonchev–Trinajstić information content (AvgIpc) is 2.61. The molecule has 1 heterocycles. The van der Waals surface area contributed by atoms with Crippen LogP contribution in [-0.4, -0.2) is 54.5 Å². The molecule has 1 unspecified atom stereocenters. The van der Waals surface area contributed by atoms with Gasteiger partial charge in [-0.15, -0.1) is 24.0 Å². The van der Waals surface area contributed by atoms with Gasteiger partial charge < -0.3 is 20.7 Å². The van der Waals surface area contributed by atoms with Crippen molar-refractivity contribution in [3.63, 3.8) is 0 Å². The fourth-order valence-corrected chi connectivity index (χ4v) is 3.98. The number of thioether (sulfide) groups is 1. The van der Waals surface area contributed by atoms with Gasteiger partial charge in [0.1, 0.15) is 5.75 Å². The standard InChI is InChI=1S/C18H28N4O2S.HI/c1-13(2)16-11-22(7-8-25-16)18(20-3)21-10-14-5-4-6-15(9-14)24-12-17(19)23;/h4-6,9,13,16H,7-8,10-12H2,1-3H3,(H2,19,23)(H,20,21);1H. The molecule has 0 saturated carbocycles. The first-order valence-corrected chi connectivity index (χ1v) is 9.61. The second kappa shape index (κ2) is 11.5. The molecule has 0 bridgehead atoms. The van der Waals surface area contributed by atoms with Crippen LogP contribution in [0.5, 0.6) is 5.75 Å². The van der Waals surface area contributed by atoms with E-state index in [1.807, 2.05) is 43.1 Å². The molecule has 0 spiro atoms. The number of hydrogen-bond donors (Lipinski definition) is 2. The summed E-state index contributed by atoms with van der Waals surface area (Å²) >= 11 is 2.05. The van der Waals surface area contributed by atoms with E-state index >= 15 is 0 Å². The number of carbonyl (C=O) groups excluding carboxylic acids is 1. The van der Waals surface area contributed by atoms with Gasteiger partial charge >= 0.3 is 0 Å². The maximum Gasteiger partial charge on any atom is 0.255 e. The van der Waals surface area contributed by atoms with Crippen LogP contribution in [0.2, 0.25) is 0 Å². The number of ether oxygens (including phenoxy) is 1. The number of nitrogens with two attached hydrogens (primary N) is 1. The molecule has 0 aliphatic carbocycles. The zero-order valence-electron chi connectivity index (χ0n) is 15.6. The van der Waals surface area contributed by atoms with E-state index in [1.165, 1.54) is 0 Å². The highest BCUT2D eigenvalue weighted by atomic mass is 127. The van der Waals surface area contributed by atoms with Gasteiger partial charge in [0.05, 0.1) is 0 Å². The minimum atomic E-state index is -0.480. The van der Waals surface area contributed by atoms with Crippen molar-refractivity contribution < 1.29 is 9.53 Å². The fourth-order valence-electron chi connectivity index (χ4n) is 2.68. The number of halogens is 1. The van der Waals surface area contributed by atoms with Crippen molar-refractivity contribution >= 4 is 47.6 Å². The van der Waals surface area contributed by atoms with Crippen molar-refractivity contribution in [2.75, 3.05) is 32.5 Å². The summed E-state index contributed by atoms with van der Waals surface area (Å²) in [6.45, 7) is 7.11. The van der Waals surface area contributed by atoms with Gasteiger partial charge in [-0.05, 0) is 23.6 Å². The fraction of sp³-hybridized carbons (Fsp3) is 0.556. The summed E-state index contributed by atoms with van der Waals surface area (Å²) in [4.78, 5) is 17.6. The molecule has 8 heteroatoms. The molecule has 0 aromatic heterocycles. The Morgan fingerprint density at radius 1 is 1.50 bits per heavy atom. The predicted molar refractivity (Wildman–Crippen MR) is 119 cm³/mol. The van der Waals surface area contributed by atoms with Gasteiger partial charge in [-0.25, -0.2) is 0 Å². The SMILES string of the molecule is CN=C(NCc1cccc(OCC(N)=O)c1)N1CCSC(C(C)C)C1.I. The van der Waals surface area contributed by atoms with E-state index in [0.29, 0.717) is 23.5 Å². The van der Waals surface area contributed by atoms with Crippen LogP contribution in [-0.2, 0) is 11.3 Å². The number of hydrogen-bond acceptors (Lipinski definition) is 4. The van der Waals surface area contributed by atoms with Gasteiger partial charge in [0.25, 0.3) is 5.91 Å². The molecule has 1 aliphatic heterocycles. The molecule has 1 aromatic carbocycles. The van der Waals surface area contributed by atoms with Crippen molar-refractivity contribution in [3.8, 4) is 5.75 Å². The van der Waals surface area contributed by atoms with Gasteiger partial charge in [0.15, 0.2) is 12.6 Å². The lowest BCUT2D eigenvalue weighted by atomic mass is 10.1. The molecule has 0 radical (unpaired) electrons. The van der Waals surface area contributed by atoms with Gasteiger partial charge in [-0.2, -0.15) is 11.8 Å². The Morgan fingerprint density at radius 2 is 2.27 bits per heavy atom. The molecule has 1 amide bonds. The topological polar surface area (TPSA) is 80.0 Å². The number of amides is 1. The van der Waals surface area contributed by atoms with Crippen molar-refractivity contribution in [2.24, 2.45) is 16.6 Å². The molecule has 3 N–H and O–H groups in total. The zero-order valence-corrected chi connectivity index (χ0v) is 18.8. The Hall–Kier alpha value is -1.16. The Bertz CT molecular complexity index is 613. The van der Waals surface area contributed by atoms with Crippen LogP contribution in [0.4, 0.5) is 0 Å². The van der Waals surface area contributed by atoms with Crippen LogP contribution in [0.15, 0.2) is 29.3 Å². The molecule has 1 atom stereocenters. The van der Waals surface area contributed by atoms with Crippen LogP contribution >= 0.6 is 35.7 Å². The molecular weight excluding hydrogens is 463 g/mol. The first kappa shape index (κ1) is 22.9. The second-order valence-electron chi connectivity index (χ2n) is 6.40. The van der Waals surface area contributed by atoms with E-state index < -0.39 is 5.91 Å². The summed E-state index contributed by atoms with van der Waals surface area (Å²) in [6.07, 6.45) is 0. The molecule has 1 aromatic rings. The lowest BCUT2D eigenvalue weighted by molar-refractivity contribution is -0.119. The first-order chi connectivity index (χ1) is 12.0.